The van der Waals surface area contributed by atoms with Gasteiger partial charge in [0.15, 0.2) is 0 Å². The smallest absolute Gasteiger partial charge is 0.251 e. The van der Waals surface area contributed by atoms with Gasteiger partial charge in [0, 0.05) is 43.4 Å². The lowest BCUT2D eigenvalue weighted by Gasteiger charge is -2.34. The number of piperidine rings is 1. The third-order valence-corrected chi connectivity index (χ3v) is 3.37. The van der Waals surface area contributed by atoms with Crippen molar-refractivity contribution in [1.29, 1.82) is 0 Å². The van der Waals surface area contributed by atoms with E-state index in [1.165, 1.54) is 0 Å². The second-order valence-electron chi connectivity index (χ2n) is 4.51. The molecule has 1 aliphatic heterocycles. The molecule has 0 radical (unpaired) electrons. The summed E-state index contributed by atoms with van der Waals surface area (Å²) in [6.07, 6.45) is 2.28. The monoisotopic (exact) mass is 256 g/mol. The Hall–Kier alpha value is -1.39. The van der Waals surface area contributed by atoms with Gasteiger partial charge in [-0.2, -0.15) is 0 Å². The fourth-order valence-electron chi connectivity index (χ4n) is 2.34. The van der Waals surface area contributed by atoms with E-state index < -0.39 is 5.92 Å². The number of hydrogen-bond acceptors (Lipinski definition) is 3. The molecule has 0 spiro atoms. The number of methoxy groups -OCH3 is 1. The Bertz CT molecular complexity index is 413. The van der Waals surface area contributed by atoms with Crippen LogP contribution in [0.5, 0.6) is 5.88 Å². The lowest BCUT2D eigenvalue weighted by Crippen LogP contribution is -2.39. The number of rotatable bonds is 3. The highest BCUT2D eigenvalue weighted by molar-refractivity contribution is 5.57. The zero-order valence-corrected chi connectivity index (χ0v) is 10.7. The first-order chi connectivity index (χ1) is 8.57. The van der Waals surface area contributed by atoms with E-state index in [0.29, 0.717) is 19.0 Å². The van der Waals surface area contributed by atoms with Crippen molar-refractivity contribution in [2.24, 2.45) is 0 Å². The Kier molecular flexibility index (Phi) is 3.68. The van der Waals surface area contributed by atoms with Crippen LogP contribution < -0.4 is 9.64 Å². The van der Waals surface area contributed by atoms with Crippen LogP contribution >= 0.6 is 0 Å². The van der Waals surface area contributed by atoms with Gasteiger partial charge in [0.2, 0.25) is 5.88 Å². The first-order valence-electron chi connectivity index (χ1n) is 6.22. The minimum Gasteiger partial charge on any atom is -0.481 e. The number of anilines is 1. The van der Waals surface area contributed by atoms with Crippen molar-refractivity contribution < 1.29 is 13.5 Å². The molecule has 1 aromatic rings. The molecule has 1 saturated heterocycles. The molecular formula is C13H18F2N2O. The van der Waals surface area contributed by atoms with Gasteiger partial charge >= 0.3 is 0 Å². The maximum absolute atomic E-state index is 13.2. The van der Waals surface area contributed by atoms with Crippen molar-refractivity contribution in [1.82, 2.24) is 4.98 Å². The van der Waals surface area contributed by atoms with Crippen molar-refractivity contribution in [3.8, 4) is 5.88 Å². The van der Waals surface area contributed by atoms with E-state index >= 15 is 0 Å². The van der Waals surface area contributed by atoms with Crippen LogP contribution in [0.3, 0.4) is 0 Å². The van der Waals surface area contributed by atoms with Crippen molar-refractivity contribution >= 4 is 5.69 Å². The summed E-state index contributed by atoms with van der Waals surface area (Å²) >= 11 is 0. The minimum absolute atomic E-state index is 0.0825. The molecule has 2 rings (SSSR count). The van der Waals surface area contributed by atoms with Gasteiger partial charge in [0.25, 0.3) is 5.92 Å². The summed E-state index contributed by atoms with van der Waals surface area (Å²) < 4.78 is 31.5. The Labute approximate surface area is 106 Å². The molecule has 1 aromatic heterocycles. The summed E-state index contributed by atoms with van der Waals surface area (Å²) in [6.45, 7) is 2.78. The lowest BCUT2D eigenvalue weighted by molar-refractivity contribution is -0.0220. The highest BCUT2D eigenvalue weighted by atomic mass is 19.3. The Balaban J connectivity index is 2.23. The van der Waals surface area contributed by atoms with Crippen LogP contribution in [0.15, 0.2) is 12.3 Å². The summed E-state index contributed by atoms with van der Waals surface area (Å²) in [5, 5.41) is 0. The SMILES string of the molecule is CCc1c(N2CCC(F)(F)CC2)ccnc1OC. The first-order valence-corrected chi connectivity index (χ1v) is 6.22. The molecule has 0 amide bonds. The van der Waals surface area contributed by atoms with E-state index in [0.717, 1.165) is 17.7 Å². The predicted octanol–water partition coefficient (Wildman–Crippen LogP) is 2.89. The number of aromatic nitrogens is 1. The van der Waals surface area contributed by atoms with E-state index in [2.05, 4.69) is 4.98 Å². The molecule has 2 heterocycles. The van der Waals surface area contributed by atoms with E-state index in [1.807, 2.05) is 17.9 Å². The van der Waals surface area contributed by atoms with Crippen LogP contribution in [0.1, 0.15) is 25.3 Å². The van der Waals surface area contributed by atoms with Crippen LogP contribution in [-0.2, 0) is 6.42 Å². The summed E-state index contributed by atoms with van der Waals surface area (Å²) in [6, 6.07) is 1.88. The molecule has 0 N–H and O–H groups in total. The third kappa shape index (κ3) is 2.54. The molecule has 1 aliphatic rings. The average Bonchev–Trinajstić information content (AvgIpc) is 2.37. The van der Waals surface area contributed by atoms with Gasteiger partial charge in [0.1, 0.15) is 0 Å². The standard InChI is InChI=1S/C13H18F2N2O/c1-3-10-11(4-7-16-12(10)18-2)17-8-5-13(14,15)6-9-17/h4,7H,3,5-6,8-9H2,1-2H3. The molecular weight excluding hydrogens is 238 g/mol. The van der Waals surface area contributed by atoms with Gasteiger partial charge in [-0.25, -0.2) is 13.8 Å². The highest BCUT2D eigenvalue weighted by Crippen LogP contribution is 2.34. The number of nitrogens with zero attached hydrogens (tertiary/aromatic N) is 2. The highest BCUT2D eigenvalue weighted by Gasteiger charge is 2.34. The molecule has 0 aliphatic carbocycles. The van der Waals surface area contributed by atoms with Crippen molar-refractivity contribution in [3.05, 3.63) is 17.8 Å². The van der Waals surface area contributed by atoms with E-state index in [-0.39, 0.29) is 12.8 Å². The second-order valence-corrected chi connectivity index (χ2v) is 4.51. The summed E-state index contributed by atoms with van der Waals surface area (Å²) in [4.78, 5) is 6.16. The number of pyridine rings is 1. The topological polar surface area (TPSA) is 25.4 Å². The molecule has 3 nitrogen and oxygen atoms in total. The van der Waals surface area contributed by atoms with Crippen LogP contribution in [0.25, 0.3) is 0 Å². The van der Waals surface area contributed by atoms with Gasteiger partial charge in [-0.05, 0) is 12.5 Å². The maximum Gasteiger partial charge on any atom is 0.251 e. The van der Waals surface area contributed by atoms with Crippen LogP contribution in [-0.4, -0.2) is 31.1 Å². The molecule has 5 heteroatoms. The van der Waals surface area contributed by atoms with Crippen LogP contribution in [0.4, 0.5) is 14.5 Å². The normalized spacial score (nSPS) is 18.8. The van der Waals surface area contributed by atoms with Gasteiger partial charge in [-0.3, -0.25) is 0 Å². The van der Waals surface area contributed by atoms with E-state index in [1.54, 1.807) is 13.3 Å². The molecule has 0 unspecified atom stereocenters. The minimum atomic E-state index is -2.51. The van der Waals surface area contributed by atoms with Gasteiger partial charge in [0.05, 0.1) is 7.11 Å². The van der Waals surface area contributed by atoms with E-state index in [4.69, 9.17) is 4.74 Å². The lowest BCUT2D eigenvalue weighted by atomic mass is 10.0. The summed E-state index contributed by atoms with van der Waals surface area (Å²) in [5.74, 6) is -1.92. The van der Waals surface area contributed by atoms with Gasteiger partial charge in [-0.1, -0.05) is 6.92 Å². The zero-order valence-electron chi connectivity index (χ0n) is 10.7. The molecule has 0 atom stereocenters. The Morgan fingerprint density at radius 3 is 2.61 bits per heavy atom. The third-order valence-electron chi connectivity index (χ3n) is 3.37. The van der Waals surface area contributed by atoms with E-state index in [9.17, 15) is 8.78 Å². The molecule has 100 valence electrons. The quantitative estimate of drug-likeness (QED) is 0.831. The van der Waals surface area contributed by atoms with Crippen molar-refractivity contribution in [3.63, 3.8) is 0 Å². The predicted molar refractivity (Wildman–Crippen MR) is 66.6 cm³/mol. The largest absolute Gasteiger partial charge is 0.481 e. The molecule has 18 heavy (non-hydrogen) atoms. The summed E-state index contributed by atoms with van der Waals surface area (Å²) in [7, 11) is 1.58. The summed E-state index contributed by atoms with van der Waals surface area (Å²) in [5.41, 5.74) is 1.96. The molecule has 0 saturated carbocycles. The van der Waals surface area contributed by atoms with Crippen LogP contribution in [0.2, 0.25) is 0 Å². The fourth-order valence-corrected chi connectivity index (χ4v) is 2.34. The average molecular weight is 256 g/mol. The zero-order chi connectivity index (χ0) is 13.2. The van der Waals surface area contributed by atoms with Crippen LogP contribution in [0, 0.1) is 0 Å². The number of ether oxygens (including phenoxy) is 1. The van der Waals surface area contributed by atoms with Gasteiger partial charge < -0.3 is 9.64 Å². The number of halogens is 2. The number of alkyl halides is 2. The maximum atomic E-state index is 13.2. The molecule has 0 aromatic carbocycles. The molecule has 1 fully saturated rings. The Morgan fingerprint density at radius 1 is 1.39 bits per heavy atom. The molecule has 0 bridgehead atoms. The fraction of sp³-hybridized carbons (Fsp3) is 0.615. The number of hydrogen-bond donors (Lipinski definition) is 0. The van der Waals surface area contributed by atoms with Crippen molar-refractivity contribution in [2.45, 2.75) is 32.1 Å². The van der Waals surface area contributed by atoms with Crippen molar-refractivity contribution in [2.75, 3.05) is 25.1 Å². The van der Waals surface area contributed by atoms with Gasteiger partial charge in [-0.15, -0.1) is 0 Å². The first kappa shape index (κ1) is 13.1. The Morgan fingerprint density at radius 2 is 2.06 bits per heavy atom. The second kappa shape index (κ2) is 5.08.